The van der Waals surface area contributed by atoms with Crippen molar-refractivity contribution < 1.29 is 9.59 Å². The molecule has 3 aromatic carbocycles. The average Bonchev–Trinajstić information content (AvgIpc) is 3.24. The second-order valence-corrected chi connectivity index (χ2v) is 8.84. The number of benzene rings is 3. The number of rotatable bonds is 8. The van der Waals surface area contributed by atoms with Gasteiger partial charge in [0.2, 0.25) is 11.8 Å². The Balaban J connectivity index is 1.34. The number of carbonyl (C=O) groups excluding carboxylic acids is 2. The van der Waals surface area contributed by atoms with Gasteiger partial charge in [-0.25, -0.2) is 0 Å². The number of amides is 2. The maximum Gasteiger partial charge on any atom is 0.248 e. The lowest BCUT2D eigenvalue weighted by atomic mass is 10.2. The second kappa shape index (κ2) is 11.5. The van der Waals surface area contributed by atoms with E-state index >= 15 is 0 Å². The zero-order valence-corrected chi connectivity index (χ0v) is 20.4. The molecular formula is C26H22ClN5O2S. The van der Waals surface area contributed by atoms with E-state index in [1.807, 2.05) is 72.3 Å². The van der Waals surface area contributed by atoms with Gasteiger partial charge < -0.3 is 15.2 Å². The number of hydrogen-bond acceptors (Lipinski definition) is 5. The molecule has 0 saturated carbocycles. The van der Waals surface area contributed by atoms with Gasteiger partial charge in [-0.3, -0.25) is 9.59 Å². The molecule has 0 aliphatic rings. The van der Waals surface area contributed by atoms with Crippen molar-refractivity contribution in [3.63, 3.8) is 0 Å². The van der Waals surface area contributed by atoms with E-state index in [0.29, 0.717) is 27.4 Å². The van der Waals surface area contributed by atoms with Crippen molar-refractivity contribution in [3.8, 4) is 11.4 Å². The van der Waals surface area contributed by atoms with E-state index in [2.05, 4.69) is 20.8 Å². The van der Waals surface area contributed by atoms with E-state index in [0.717, 1.165) is 11.1 Å². The fourth-order valence-electron chi connectivity index (χ4n) is 3.19. The molecule has 9 heteroatoms. The molecule has 35 heavy (non-hydrogen) atoms. The number of anilines is 2. The molecule has 176 valence electrons. The van der Waals surface area contributed by atoms with Gasteiger partial charge in [0, 0.05) is 24.4 Å². The summed E-state index contributed by atoms with van der Waals surface area (Å²) in [5, 5.41) is 15.2. The number of hydrogen-bond donors (Lipinski definition) is 2. The molecule has 7 nitrogen and oxygen atoms in total. The van der Waals surface area contributed by atoms with Crippen molar-refractivity contribution in [1.29, 1.82) is 0 Å². The predicted octanol–water partition coefficient (Wildman–Crippen LogP) is 5.52. The van der Waals surface area contributed by atoms with Crippen LogP contribution in [-0.4, -0.2) is 32.3 Å². The number of aromatic nitrogens is 3. The average molecular weight is 504 g/mol. The predicted molar refractivity (Wildman–Crippen MR) is 141 cm³/mol. The van der Waals surface area contributed by atoms with E-state index < -0.39 is 0 Å². The van der Waals surface area contributed by atoms with Crippen molar-refractivity contribution in [2.24, 2.45) is 7.05 Å². The molecule has 2 amide bonds. The van der Waals surface area contributed by atoms with Crippen LogP contribution in [-0.2, 0) is 16.6 Å². The van der Waals surface area contributed by atoms with E-state index in [1.165, 1.54) is 17.8 Å². The zero-order valence-electron chi connectivity index (χ0n) is 18.8. The summed E-state index contributed by atoms with van der Waals surface area (Å²) in [4.78, 5) is 24.5. The first-order valence-corrected chi connectivity index (χ1v) is 12.1. The van der Waals surface area contributed by atoms with Crippen LogP contribution in [0.5, 0.6) is 0 Å². The van der Waals surface area contributed by atoms with Crippen molar-refractivity contribution >= 4 is 52.6 Å². The van der Waals surface area contributed by atoms with Crippen molar-refractivity contribution in [2.45, 2.75) is 5.16 Å². The maximum absolute atomic E-state index is 12.3. The summed E-state index contributed by atoms with van der Waals surface area (Å²) in [5.74, 6) is 0.419. The lowest BCUT2D eigenvalue weighted by Gasteiger charge is -2.07. The maximum atomic E-state index is 12.3. The molecule has 0 fully saturated rings. The fraction of sp³-hybridized carbons (Fsp3) is 0.0769. The molecule has 1 heterocycles. The normalized spacial score (nSPS) is 10.9. The molecule has 0 bridgehead atoms. The highest BCUT2D eigenvalue weighted by Gasteiger charge is 2.14. The number of nitrogens with one attached hydrogen (secondary N) is 2. The van der Waals surface area contributed by atoms with Gasteiger partial charge in [0.15, 0.2) is 11.0 Å². The highest BCUT2D eigenvalue weighted by Crippen LogP contribution is 2.25. The third-order valence-corrected chi connectivity index (χ3v) is 6.30. The molecule has 0 radical (unpaired) electrons. The van der Waals surface area contributed by atoms with Gasteiger partial charge in [-0.15, -0.1) is 10.2 Å². The third-order valence-electron chi connectivity index (χ3n) is 4.95. The molecule has 0 saturated heterocycles. The first kappa shape index (κ1) is 24.3. The van der Waals surface area contributed by atoms with Crippen LogP contribution in [0.3, 0.4) is 0 Å². The topological polar surface area (TPSA) is 88.9 Å². The standard InChI is InChI=1S/C26H22ClN5O2S/c1-32-25(30-31-26(32)35-17-24(34)29-22-10-6-5-9-21(22)27)19-12-14-20(15-13-19)28-23(33)16-11-18-7-3-2-4-8-18/h2-16H,17H2,1H3,(H,28,33)(H,29,34). The Morgan fingerprint density at radius 3 is 2.40 bits per heavy atom. The van der Waals surface area contributed by atoms with Crippen LogP contribution in [0.25, 0.3) is 17.5 Å². The smallest absolute Gasteiger partial charge is 0.248 e. The summed E-state index contributed by atoms with van der Waals surface area (Å²) >= 11 is 7.37. The highest BCUT2D eigenvalue weighted by molar-refractivity contribution is 7.99. The Bertz CT molecular complexity index is 1350. The molecule has 0 aliphatic heterocycles. The van der Waals surface area contributed by atoms with Gasteiger partial charge in [0.25, 0.3) is 0 Å². The summed E-state index contributed by atoms with van der Waals surface area (Å²) in [6.07, 6.45) is 3.26. The van der Waals surface area contributed by atoms with Crippen molar-refractivity contribution in [1.82, 2.24) is 14.8 Å². The largest absolute Gasteiger partial charge is 0.324 e. The Hall–Kier alpha value is -3.88. The van der Waals surface area contributed by atoms with Crippen LogP contribution in [0, 0.1) is 0 Å². The third kappa shape index (κ3) is 6.59. The Morgan fingerprint density at radius 1 is 0.943 bits per heavy atom. The number of halogens is 1. The minimum absolute atomic E-state index is 0.165. The zero-order chi connectivity index (χ0) is 24.6. The fourth-order valence-corrected chi connectivity index (χ4v) is 4.09. The summed E-state index contributed by atoms with van der Waals surface area (Å²) in [5.41, 5.74) is 3.03. The van der Waals surface area contributed by atoms with Gasteiger partial charge in [-0.1, -0.05) is 65.8 Å². The van der Waals surface area contributed by atoms with E-state index in [9.17, 15) is 9.59 Å². The molecule has 0 spiro atoms. The molecule has 0 atom stereocenters. The Labute approximate surface area is 212 Å². The van der Waals surface area contributed by atoms with E-state index in [-0.39, 0.29) is 17.6 Å². The van der Waals surface area contributed by atoms with Gasteiger partial charge in [-0.2, -0.15) is 0 Å². The van der Waals surface area contributed by atoms with Crippen LogP contribution in [0.1, 0.15) is 5.56 Å². The van der Waals surface area contributed by atoms with Gasteiger partial charge in [0.1, 0.15) is 0 Å². The highest BCUT2D eigenvalue weighted by atomic mass is 35.5. The number of carbonyl (C=O) groups is 2. The van der Waals surface area contributed by atoms with Crippen molar-refractivity contribution in [3.05, 3.63) is 95.5 Å². The monoisotopic (exact) mass is 503 g/mol. The molecular weight excluding hydrogens is 482 g/mol. The van der Waals surface area contributed by atoms with E-state index in [1.54, 1.807) is 24.3 Å². The number of para-hydroxylation sites is 1. The Kier molecular flexibility index (Phi) is 7.97. The summed E-state index contributed by atoms with van der Waals surface area (Å²) in [6, 6.07) is 24.0. The number of nitrogens with zero attached hydrogens (tertiary/aromatic N) is 3. The Morgan fingerprint density at radius 2 is 1.66 bits per heavy atom. The second-order valence-electron chi connectivity index (χ2n) is 7.49. The van der Waals surface area contributed by atoms with Gasteiger partial charge in [0.05, 0.1) is 16.5 Å². The van der Waals surface area contributed by atoms with Gasteiger partial charge in [-0.05, 0) is 48.0 Å². The minimum atomic E-state index is -0.214. The van der Waals surface area contributed by atoms with Crippen LogP contribution in [0.4, 0.5) is 11.4 Å². The van der Waals surface area contributed by atoms with E-state index in [4.69, 9.17) is 11.6 Å². The lowest BCUT2D eigenvalue weighted by molar-refractivity contribution is -0.114. The summed E-state index contributed by atoms with van der Waals surface area (Å²) in [6.45, 7) is 0. The molecule has 4 rings (SSSR count). The lowest BCUT2D eigenvalue weighted by Crippen LogP contribution is -2.14. The van der Waals surface area contributed by atoms with Gasteiger partial charge >= 0.3 is 0 Å². The van der Waals surface area contributed by atoms with Crippen LogP contribution < -0.4 is 10.6 Å². The SMILES string of the molecule is Cn1c(SCC(=O)Nc2ccccc2Cl)nnc1-c1ccc(NC(=O)C=Cc2ccccc2)cc1. The molecule has 2 N–H and O–H groups in total. The van der Waals surface area contributed by atoms with Crippen LogP contribution in [0.15, 0.2) is 90.1 Å². The summed E-state index contributed by atoms with van der Waals surface area (Å²) < 4.78 is 1.82. The minimum Gasteiger partial charge on any atom is -0.324 e. The molecule has 0 unspecified atom stereocenters. The quantitative estimate of drug-likeness (QED) is 0.244. The molecule has 0 aliphatic carbocycles. The first-order valence-electron chi connectivity index (χ1n) is 10.7. The van der Waals surface area contributed by atoms with Crippen LogP contribution in [0.2, 0.25) is 5.02 Å². The van der Waals surface area contributed by atoms with Crippen molar-refractivity contribution in [2.75, 3.05) is 16.4 Å². The molecule has 1 aromatic heterocycles. The van der Waals surface area contributed by atoms with Crippen LogP contribution >= 0.6 is 23.4 Å². The summed E-state index contributed by atoms with van der Waals surface area (Å²) in [7, 11) is 1.84. The first-order chi connectivity index (χ1) is 17.0. The molecule has 4 aromatic rings. The number of thioether (sulfide) groups is 1.